The van der Waals surface area contributed by atoms with Gasteiger partial charge in [0.2, 0.25) is 0 Å². The highest BCUT2D eigenvalue weighted by atomic mass is 79.9. The van der Waals surface area contributed by atoms with E-state index in [4.69, 9.17) is 4.74 Å². The fourth-order valence-electron chi connectivity index (χ4n) is 1.96. The molecule has 4 heteroatoms. The molecule has 0 saturated heterocycles. The molecule has 0 aliphatic carbocycles. The van der Waals surface area contributed by atoms with E-state index in [1.807, 2.05) is 42.5 Å². The van der Waals surface area contributed by atoms with Crippen LogP contribution in [0.1, 0.15) is 30.6 Å². The summed E-state index contributed by atoms with van der Waals surface area (Å²) in [6.07, 6.45) is 0.226. The van der Waals surface area contributed by atoms with E-state index in [0.717, 1.165) is 32.2 Å². The molecule has 2 aromatic carbocycles. The van der Waals surface area contributed by atoms with Crippen LogP contribution in [0.2, 0.25) is 0 Å². The highest BCUT2D eigenvalue weighted by Crippen LogP contribution is 2.32. The molecule has 0 bridgehead atoms. The largest absolute Gasteiger partial charge is 0.493 e. The Morgan fingerprint density at radius 1 is 1.10 bits per heavy atom. The Hall–Kier alpha value is -0.840. The van der Waals surface area contributed by atoms with Crippen LogP contribution in [0.5, 0.6) is 5.75 Å². The van der Waals surface area contributed by atoms with Crippen LogP contribution in [0.25, 0.3) is 0 Å². The number of halogens is 2. The molecule has 0 radical (unpaired) electrons. The quantitative estimate of drug-likeness (QED) is 0.759. The van der Waals surface area contributed by atoms with E-state index in [1.54, 1.807) is 0 Å². The Morgan fingerprint density at radius 3 is 2.40 bits per heavy atom. The highest BCUT2D eigenvalue weighted by molar-refractivity contribution is 9.11. The average molecular weight is 400 g/mol. The van der Waals surface area contributed by atoms with Gasteiger partial charge in [0, 0.05) is 14.5 Å². The van der Waals surface area contributed by atoms with Crippen LogP contribution in [0.4, 0.5) is 0 Å². The van der Waals surface area contributed by atoms with Gasteiger partial charge in [-0.15, -0.1) is 0 Å². The molecule has 2 rings (SSSR count). The van der Waals surface area contributed by atoms with Crippen molar-refractivity contribution in [2.45, 2.75) is 19.4 Å². The number of para-hydroxylation sites is 1. The van der Waals surface area contributed by atoms with Crippen molar-refractivity contribution in [2.75, 3.05) is 6.61 Å². The topological polar surface area (TPSA) is 29.5 Å². The molecule has 0 aliphatic rings. The van der Waals surface area contributed by atoms with Crippen molar-refractivity contribution in [1.82, 2.24) is 0 Å². The van der Waals surface area contributed by atoms with Gasteiger partial charge in [0.15, 0.2) is 0 Å². The molecule has 1 unspecified atom stereocenters. The zero-order valence-corrected chi connectivity index (χ0v) is 14.3. The first-order chi connectivity index (χ1) is 9.61. The Morgan fingerprint density at radius 2 is 1.75 bits per heavy atom. The third-order valence-corrected chi connectivity index (χ3v) is 3.79. The molecule has 0 spiro atoms. The molecule has 0 aliphatic heterocycles. The molecular weight excluding hydrogens is 384 g/mol. The second-order valence-electron chi connectivity index (χ2n) is 4.49. The molecule has 0 heterocycles. The van der Waals surface area contributed by atoms with Crippen LogP contribution in [0, 0.1) is 0 Å². The van der Waals surface area contributed by atoms with Gasteiger partial charge in [0.05, 0.1) is 6.61 Å². The SMILES string of the molecule is CCCOc1ccccc1C(O)c1cc(Br)cc(Br)c1. The predicted molar refractivity (Wildman–Crippen MR) is 88.1 cm³/mol. The van der Waals surface area contributed by atoms with E-state index in [2.05, 4.69) is 38.8 Å². The minimum Gasteiger partial charge on any atom is -0.493 e. The van der Waals surface area contributed by atoms with E-state index < -0.39 is 6.10 Å². The third-order valence-electron chi connectivity index (χ3n) is 2.88. The lowest BCUT2D eigenvalue weighted by Gasteiger charge is -2.17. The van der Waals surface area contributed by atoms with Crippen molar-refractivity contribution in [3.8, 4) is 5.75 Å². The van der Waals surface area contributed by atoms with Gasteiger partial charge in [-0.3, -0.25) is 0 Å². The molecule has 0 saturated carbocycles. The maximum Gasteiger partial charge on any atom is 0.125 e. The van der Waals surface area contributed by atoms with Gasteiger partial charge in [-0.05, 0) is 36.2 Å². The van der Waals surface area contributed by atoms with Crippen molar-refractivity contribution in [3.05, 3.63) is 62.5 Å². The molecule has 0 fully saturated rings. The van der Waals surface area contributed by atoms with Gasteiger partial charge < -0.3 is 9.84 Å². The summed E-state index contributed by atoms with van der Waals surface area (Å²) in [5.74, 6) is 0.734. The normalized spacial score (nSPS) is 12.2. The maximum atomic E-state index is 10.6. The van der Waals surface area contributed by atoms with Crippen molar-refractivity contribution in [2.24, 2.45) is 0 Å². The molecule has 1 atom stereocenters. The van der Waals surface area contributed by atoms with Crippen LogP contribution in [-0.2, 0) is 0 Å². The van der Waals surface area contributed by atoms with Gasteiger partial charge in [-0.25, -0.2) is 0 Å². The summed E-state index contributed by atoms with van der Waals surface area (Å²) in [6, 6.07) is 13.4. The Balaban J connectivity index is 2.34. The first-order valence-electron chi connectivity index (χ1n) is 6.47. The zero-order valence-electron chi connectivity index (χ0n) is 11.1. The summed E-state index contributed by atoms with van der Waals surface area (Å²) in [5.41, 5.74) is 1.60. The summed E-state index contributed by atoms with van der Waals surface area (Å²) in [6.45, 7) is 2.70. The maximum absolute atomic E-state index is 10.6. The minimum atomic E-state index is -0.711. The van der Waals surface area contributed by atoms with Gasteiger partial charge in [0.1, 0.15) is 11.9 Å². The van der Waals surface area contributed by atoms with Gasteiger partial charge in [-0.2, -0.15) is 0 Å². The molecule has 2 aromatic rings. The predicted octanol–water partition coefficient (Wildman–Crippen LogP) is 5.08. The van der Waals surface area contributed by atoms with Crippen LogP contribution in [0.15, 0.2) is 51.4 Å². The smallest absolute Gasteiger partial charge is 0.125 e. The fourth-order valence-corrected chi connectivity index (χ4v) is 3.29. The van der Waals surface area contributed by atoms with E-state index in [0.29, 0.717) is 6.61 Å². The lowest BCUT2D eigenvalue weighted by molar-refractivity contribution is 0.210. The minimum absolute atomic E-state index is 0.645. The highest BCUT2D eigenvalue weighted by Gasteiger charge is 2.16. The number of ether oxygens (including phenoxy) is 1. The van der Waals surface area contributed by atoms with Gasteiger partial charge in [0.25, 0.3) is 0 Å². The molecule has 1 N–H and O–H groups in total. The fraction of sp³-hybridized carbons (Fsp3) is 0.250. The summed E-state index contributed by atoms with van der Waals surface area (Å²) in [4.78, 5) is 0. The Labute approximate surface area is 136 Å². The number of hydrogen-bond acceptors (Lipinski definition) is 2. The number of aliphatic hydroxyl groups is 1. The lowest BCUT2D eigenvalue weighted by Crippen LogP contribution is -2.05. The van der Waals surface area contributed by atoms with E-state index in [9.17, 15) is 5.11 Å². The molecule has 106 valence electrons. The molecule has 0 amide bonds. The molecule has 20 heavy (non-hydrogen) atoms. The molecule has 0 aromatic heterocycles. The second-order valence-corrected chi connectivity index (χ2v) is 6.32. The number of benzene rings is 2. The van der Waals surface area contributed by atoms with E-state index in [1.165, 1.54) is 0 Å². The van der Waals surface area contributed by atoms with Crippen LogP contribution in [0.3, 0.4) is 0 Å². The summed E-state index contributed by atoms with van der Waals surface area (Å²) >= 11 is 6.88. The molecule has 2 nitrogen and oxygen atoms in total. The van der Waals surface area contributed by atoms with Crippen molar-refractivity contribution in [1.29, 1.82) is 0 Å². The van der Waals surface area contributed by atoms with Gasteiger partial charge in [-0.1, -0.05) is 57.0 Å². The monoisotopic (exact) mass is 398 g/mol. The van der Waals surface area contributed by atoms with Crippen molar-refractivity contribution >= 4 is 31.9 Å². The Bertz CT molecular complexity index is 564. The first kappa shape index (κ1) is 15.5. The van der Waals surface area contributed by atoms with Crippen LogP contribution in [-0.4, -0.2) is 11.7 Å². The van der Waals surface area contributed by atoms with E-state index in [-0.39, 0.29) is 0 Å². The van der Waals surface area contributed by atoms with E-state index >= 15 is 0 Å². The summed E-state index contributed by atoms with van der Waals surface area (Å²) in [5, 5.41) is 10.6. The Kier molecular flexibility index (Phi) is 5.64. The number of hydrogen-bond donors (Lipinski definition) is 1. The van der Waals surface area contributed by atoms with Crippen molar-refractivity contribution < 1.29 is 9.84 Å². The summed E-state index contributed by atoms with van der Waals surface area (Å²) in [7, 11) is 0. The number of rotatable bonds is 5. The number of aliphatic hydroxyl groups excluding tert-OH is 1. The van der Waals surface area contributed by atoms with Crippen molar-refractivity contribution in [3.63, 3.8) is 0 Å². The second kappa shape index (κ2) is 7.25. The van der Waals surface area contributed by atoms with Crippen LogP contribution >= 0.6 is 31.9 Å². The third kappa shape index (κ3) is 3.84. The first-order valence-corrected chi connectivity index (χ1v) is 8.06. The standard InChI is InChI=1S/C16H16Br2O2/c1-2-7-20-15-6-4-3-5-14(15)16(19)11-8-12(17)10-13(18)9-11/h3-6,8-10,16,19H,2,7H2,1H3. The van der Waals surface area contributed by atoms with Crippen LogP contribution < -0.4 is 4.74 Å². The zero-order chi connectivity index (χ0) is 14.5. The summed E-state index contributed by atoms with van der Waals surface area (Å²) < 4.78 is 7.55. The lowest BCUT2D eigenvalue weighted by atomic mass is 10.0. The molecular formula is C16H16Br2O2. The average Bonchev–Trinajstić information content (AvgIpc) is 2.43. The van der Waals surface area contributed by atoms with Gasteiger partial charge >= 0.3 is 0 Å².